The molecular formula is C14H19N3O2. The quantitative estimate of drug-likeness (QED) is 0.897. The van der Waals surface area contributed by atoms with E-state index in [0.29, 0.717) is 12.5 Å². The number of aromatic nitrogens is 1. The molecule has 3 heterocycles. The van der Waals surface area contributed by atoms with Crippen LogP contribution in [-0.4, -0.2) is 42.2 Å². The first-order valence-electron chi connectivity index (χ1n) is 6.88. The minimum Gasteiger partial charge on any atom is -0.381 e. The average Bonchev–Trinajstić information content (AvgIpc) is 2.86. The van der Waals surface area contributed by atoms with Crippen molar-refractivity contribution in [1.29, 1.82) is 0 Å². The molecular weight excluding hydrogens is 242 g/mol. The minimum absolute atomic E-state index is 0.00954. The van der Waals surface area contributed by atoms with Crippen LogP contribution < -0.4 is 5.32 Å². The van der Waals surface area contributed by atoms with Crippen molar-refractivity contribution < 1.29 is 9.53 Å². The highest BCUT2D eigenvalue weighted by atomic mass is 16.5. The normalized spacial score (nSPS) is 20.6. The van der Waals surface area contributed by atoms with Gasteiger partial charge in [-0.3, -0.25) is 4.98 Å². The molecule has 102 valence electrons. The fraction of sp³-hybridized carbons (Fsp3) is 0.571. The highest BCUT2D eigenvalue weighted by Gasteiger charge is 2.20. The van der Waals surface area contributed by atoms with E-state index < -0.39 is 0 Å². The molecule has 3 rings (SSSR count). The summed E-state index contributed by atoms with van der Waals surface area (Å²) in [6.45, 7) is 3.79. The summed E-state index contributed by atoms with van der Waals surface area (Å²) in [6.07, 6.45) is 4.12. The first-order valence-corrected chi connectivity index (χ1v) is 6.88. The van der Waals surface area contributed by atoms with Gasteiger partial charge in [0.2, 0.25) is 0 Å². The van der Waals surface area contributed by atoms with Gasteiger partial charge in [0.25, 0.3) is 0 Å². The lowest BCUT2D eigenvalue weighted by Crippen LogP contribution is -2.27. The lowest BCUT2D eigenvalue weighted by Gasteiger charge is -2.22. The molecule has 0 atom stereocenters. The number of urea groups is 1. The SMILES string of the molecule is O=C1NCCN1Cc1ccc(C2CCOCC2)cn1. The molecule has 2 saturated heterocycles. The molecule has 5 heteroatoms. The second kappa shape index (κ2) is 5.57. The van der Waals surface area contributed by atoms with Gasteiger partial charge in [0.15, 0.2) is 0 Å². The molecule has 2 aliphatic rings. The van der Waals surface area contributed by atoms with Gasteiger partial charge < -0.3 is 15.0 Å². The molecule has 0 saturated carbocycles. The van der Waals surface area contributed by atoms with Crippen molar-refractivity contribution in [3.63, 3.8) is 0 Å². The van der Waals surface area contributed by atoms with E-state index in [2.05, 4.69) is 16.4 Å². The van der Waals surface area contributed by atoms with E-state index in [4.69, 9.17) is 4.74 Å². The zero-order chi connectivity index (χ0) is 13.1. The average molecular weight is 261 g/mol. The molecule has 2 aliphatic heterocycles. The van der Waals surface area contributed by atoms with E-state index in [9.17, 15) is 4.79 Å². The third-order valence-corrected chi connectivity index (χ3v) is 3.84. The first kappa shape index (κ1) is 12.4. The second-order valence-electron chi connectivity index (χ2n) is 5.12. The molecule has 0 aromatic carbocycles. The zero-order valence-electron chi connectivity index (χ0n) is 11.0. The Kier molecular flexibility index (Phi) is 3.64. The molecule has 0 unspecified atom stereocenters. The Hall–Kier alpha value is -1.62. The third-order valence-electron chi connectivity index (χ3n) is 3.84. The Labute approximate surface area is 113 Å². The van der Waals surface area contributed by atoms with E-state index in [1.54, 1.807) is 4.90 Å². The van der Waals surface area contributed by atoms with E-state index in [1.807, 2.05) is 12.3 Å². The summed E-state index contributed by atoms with van der Waals surface area (Å²) in [5.41, 5.74) is 2.24. The van der Waals surface area contributed by atoms with Crippen LogP contribution in [0.1, 0.15) is 30.0 Å². The number of hydrogen-bond acceptors (Lipinski definition) is 3. The van der Waals surface area contributed by atoms with Crippen molar-refractivity contribution in [3.05, 3.63) is 29.6 Å². The van der Waals surface area contributed by atoms with Crippen LogP contribution in [0.5, 0.6) is 0 Å². The minimum atomic E-state index is 0.00954. The maximum Gasteiger partial charge on any atom is 0.317 e. The van der Waals surface area contributed by atoms with Crippen molar-refractivity contribution in [2.24, 2.45) is 0 Å². The number of ether oxygens (including phenoxy) is 1. The summed E-state index contributed by atoms with van der Waals surface area (Å²) in [5.74, 6) is 0.574. The maximum atomic E-state index is 11.5. The second-order valence-corrected chi connectivity index (χ2v) is 5.12. The molecule has 0 spiro atoms. The van der Waals surface area contributed by atoms with Crippen molar-refractivity contribution in [1.82, 2.24) is 15.2 Å². The van der Waals surface area contributed by atoms with Crippen LogP contribution in [0.2, 0.25) is 0 Å². The van der Waals surface area contributed by atoms with Gasteiger partial charge in [0.05, 0.1) is 12.2 Å². The summed E-state index contributed by atoms with van der Waals surface area (Å²) in [4.78, 5) is 17.7. The van der Waals surface area contributed by atoms with Crippen molar-refractivity contribution >= 4 is 6.03 Å². The number of nitrogens with one attached hydrogen (secondary N) is 1. The first-order chi connectivity index (χ1) is 9.33. The van der Waals surface area contributed by atoms with E-state index >= 15 is 0 Å². The van der Waals surface area contributed by atoms with Crippen LogP contribution in [0.3, 0.4) is 0 Å². The highest BCUT2D eigenvalue weighted by Crippen LogP contribution is 2.26. The largest absolute Gasteiger partial charge is 0.381 e. The fourth-order valence-corrected chi connectivity index (χ4v) is 2.66. The van der Waals surface area contributed by atoms with Crippen LogP contribution in [0.25, 0.3) is 0 Å². The molecule has 0 radical (unpaired) electrons. The van der Waals surface area contributed by atoms with Gasteiger partial charge in [-0.2, -0.15) is 0 Å². The standard InChI is InChI=1S/C14H19N3O2/c18-14-15-5-6-17(14)10-13-2-1-12(9-16-13)11-3-7-19-8-4-11/h1-2,9,11H,3-8,10H2,(H,15,18). The number of rotatable bonds is 3. The predicted octanol–water partition coefficient (Wildman–Crippen LogP) is 1.50. The van der Waals surface area contributed by atoms with Crippen molar-refractivity contribution in [3.8, 4) is 0 Å². The maximum absolute atomic E-state index is 11.5. The van der Waals surface area contributed by atoms with E-state index in [1.165, 1.54) is 5.56 Å². The topological polar surface area (TPSA) is 54.5 Å². The smallest absolute Gasteiger partial charge is 0.317 e. The molecule has 0 aliphatic carbocycles. The van der Waals surface area contributed by atoms with Crippen LogP contribution in [0, 0.1) is 0 Å². The Morgan fingerprint density at radius 2 is 2.21 bits per heavy atom. The van der Waals surface area contributed by atoms with Gasteiger partial charge in [-0.15, -0.1) is 0 Å². The fourth-order valence-electron chi connectivity index (χ4n) is 2.66. The zero-order valence-corrected chi connectivity index (χ0v) is 11.0. The summed E-state index contributed by atoms with van der Waals surface area (Å²) in [7, 11) is 0. The van der Waals surface area contributed by atoms with Crippen molar-refractivity contribution in [2.45, 2.75) is 25.3 Å². The van der Waals surface area contributed by atoms with Crippen LogP contribution in [0.15, 0.2) is 18.3 Å². The number of carbonyl (C=O) groups is 1. The van der Waals surface area contributed by atoms with Crippen LogP contribution >= 0.6 is 0 Å². The molecule has 0 bridgehead atoms. The highest BCUT2D eigenvalue weighted by molar-refractivity contribution is 5.76. The molecule has 5 nitrogen and oxygen atoms in total. The molecule has 19 heavy (non-hydrogen) atoms. The Morgan fingerprint density at radius 1 is 1.37 bits per heavy atom. The summed E-state index contributed by atoms with van der Waals surface area (Å²) < 4.78 is 5.37. The molecule has 2 amide bonds. The lowest BCUT2D eigenvalue weighted by molar-refractivity contribution is 0.0852. The third kappa shape index (κ3) is 2.87. The van der Waals surface area contributed by atoms with Gasteiger partial charge >= 0.3 is 6.03 Å². The van der Waals surface area contributed by atoms with Gasteiger partial charge in [0.1, 0.15) is 0 Å². The molecule has 1 aromatic heterocycles. The van der Waals surface area contributed by atoms with Crippen LogP contribution in [-0.2, 0) is 11.3 Å². The number of pyridine rings is 1. The van der Waals surface area contributed by atoms with Gasteiger partial charge in [-0.05, 0) is 30.4 Å². The van der Waals surface area contributed by atoms with E-state index in [-0.39, 0.29) is 6.03 Å². The number of amides is 2. The van der Waals surface area contributed by atoms with Gasteiger partial charge in [0, 0.05) is 32.5 Å². The Balaban J connectivity index is 1.63. The van der Waals surface area contributed by atoms with E-state index in [0.717, 1.165) is 44.8 Å². The monoisotopic (exact) mass is 261 g/mol. The lowest BCUT2D eigenvalue weighted by atomic mass is 9.93. The van der Waals surface area contributed by atoms with Gasteiger partial charge in [-0.25, -0.2) is 4.79 Å². The van der Waals surface area contributed by atoms with Crippen LogP contribution in [0.4, 0.5) is 4.79 Å². The molecule has 1 N–H and O–H groups in total. The Morgan fingerprint density at radius 3 is 2.84 bits per heavy atom. The summed E-state index contributed by atoms with van der Waals surface area (Å²) in [6, 6.07) is 4.19. The number of carbonyl (C=O) groups excluding carboxylic acids is 1. The van der Waals surface area contributed by atoms with Gasteiger partial charge in [-0.1, -0.05) is 6.07 Å². The predicted molar refractivity (Wildman–Crippen MR) is 70.8 cm³/mol. The summed E-state index contributed by atoms with van der Waals surface area (Å²) >= 11 is 0. The number of nitrogens with zero attached hydrogens (tertiary/aromatic N) is 2. The number of hydrogen-bond donors (Lipinski definition) is 1. The van der Waals surface area contributed by atoms with Crippen molar-refractivity contribution in [2.75, 3.05) is 26.3 Å². The molecule has 1 aromatic rings. The Bertz CT molecular complexity index is 441. The molecule has 2 fully saturated rings. The summed E-state index contributed by atoms with van der Waals surface area (Å²) in [5, 5.41) is 2.80.